The number of hydrogen-bond donors (Lipinski definition) is 1. The number of hydrogen-bond acceptors (Lipinski definition) is 6. The number of thiophene rings is 1. The van der Waals surface area contributed by atoms with E-state index in [1.165, 1.54) is 0 Å². The molecule has 2 heterocycles. The third-order valence-electron chi connectivity index (χ3n) is 3.35. The van der Waals surface area contributed by atoms with E-state index in [1.807, 2.05) is 23.9 Å². The summed E-state index contributed by atoms with van der Waals surface area (Å²) in [6.07, 6.45) is 0.972. The van der Waals surface area contributed by atoms with Crippen LogP contribution in [0.3, 0.4) is 0 Å². The molecule has 0 aliphatic rings. The summed E-state index contributed by atoms with van der Waals surface area (Å²) in [5.74, 6) is 1.82. The SMILES string of the molecule is CC(C)C(N)CCN(C)Cc1nc(-c2ccsc2)no1. The molecule has 6 heteroatoms. The predicted molar refractivity (Wildman–Crippen MR) is 81.4 cm³/mol. The van der Waals surface area contributed by atoms with Crippen molar-refractivity contribution in [2.45, 2.75) is 32.9 Å². The molecule has 20 heavy (non-hydrogen) atoms. The highest BCUT2D eigenvalue weighted by atomic mass is 32.1. The van der Waals surface area contributed by atoms with Crippen LogP contribution in [0.15, 0.2) is 21.3 Å². The number of nitrogens with zero attached hydrogens (tertiary/aromatic N) is 3. The Kier molecular flexibility index (Phi) is 5.28. The molecule has 2 aromatic rings. The maximum Gasteiger partial charge on any atom is 0.241 e. The van der Waals surface area contributed by atoms with Gasteiger partial charge < -0.3 is 10.3 Å². The Morgan fingerprint density at radius 2 is 2.25 bits per heavy atom. The summed E-state index contributed by atoms with van der Waals surface area (Å²) in [5, 5.41) is 8.02. The minimum absolute atomic E-state index is 0.238. The van der Waals surface area contributed by atoms with E-state index in [0.29, 0.717) is 24.2 Å². The van der Waals surface area contributed by atoms with Crippen LogP contribution in [0.5, 0.6) is 0 Å². The lowest BCUT2D eigenvalue weighted by Gasteiger charge is -2.19. The molecule has 5 nitrogen and oxygen atoms in total. The summed E-state index contributed by atoms with van der Waals surface area (Å²) in [6, 6.07) is 2.23. The van der Waals surface area contributed by atoms with Gasteiger partial charge in [-0.2, -0.15) is 16.3 Å². The van der Waals surface area contributed by atoms with Crippen LogP contribution in [0, 0.1) is 5.92 Å². The first-order valence-electron chi connectivity index (χ1n) is 6.85. The first-order chi connectivity index (χ1) is 9.56. The molecule has 2 aromatic heterocycles. The Balaban J connectivity index is 1.84. The standard InChI is InChI=1S/C14H22N4OS/c1-10(2)12(15)4-6-18(3)8-13-16-14(17-19-13)11-5-7-20-9-11/h5,7,9-10,12H,4,6,8,15H2,1-3H3. The third kappa shape index (κ3) is 4.13. The summed E-state index contributed by atoms with van der Waals surface area (Å²) in [6.45, 7) is 5.88. The summed E-state index contributed by atoms with van der Waals surface area (Å²) >= 11 is 1.63. The van der Waals surface area contributed by atoms with Crippen molar-refractivity contribution < 1.29 is 4.52 Å². The molecule has 0 bridgehead atoms. The Morgan fingerprint density at radius 1 is 1.45 bits per heavy atom. The molecule has 0 spiro atoms. The molecule has 0 amide bonds. The molecule has 0 aliphatic carbocycles. The van der Waals surface area contributed by atoms with E-state index in [1.54, 1.807) is 11.3 Å². The minimum Gasteiger partial charge on any atom is -0.338 e. The van der Waals surface area contributed by atoms with E-state index in [0.717, 1.165) is 18.5 Å². The van der Waals surface area contributed by atoms with Gasteiger partial charge in [0.05, 0.1) is 6.54 Å². The average molecular weight is 294 g/mol. The van der Waals surface area contributed by atoms with Crippen LogP contribution >= 0.6 is 11.3 Å². The van der Waals surface area contributed by atoms with Crippen molar-refractivity contribution in [3.63, 3.8) is 0 Å². The van der Waals surface area contributed by atoms with Gasteiger partial charge in [-0.15, -0.1) is 0 Å². The first-order valence-corrected chi connectivity index (χ1v) is 7.80. The molecule has 0 aromatic carbocycles. The van der Waals surface area contributed by atoms with Gasteiger partial charge in [0, 0.05) is 17.0 Å². The van der Waals surface area contributed by atoms with Gasteiger partial charge in [0.25, 0.3) is 0 Å². The molecule has 110 valence electrons. The topological polar surface area (TPSA) is 68.2 Å². The van der Waals surface area contributed by atoms with Crippen molar-refractivity contribution >= 4 is 11.3 Å². The molecule has 1 unspecified atom stereocenters. The molecular formula is C14H22N4OS. The third-order valence-corrected chi connectivity index (χ3v) is 4.04. The van der Waals surface area contributed by atoms with E-state index in [9.17, 15) is 0 Å². The fraction of sp³-hybridized carbons (Fsp3) is 0.571. The normalized spacial score (nSPS) is 13.3. The Bertz CT molecular complexity index is 509. The van der Waals surface area contributed by atoms with Gasteiger partial charge in [-0.1, -0.05) is 19.0 Å². The maximum absolute atomic E-state index is 6.05. The highest BCUT2D eigenvalue weighted by molar-refractivity contribution is 7.08. The summed E-state index contributed by atoms with van der Waals surface area (Å²) in [7, 11) is 2.04. The largest absolute Gasteiger partial charge is 0.338 e. The van der Waals surface area contributed by atoms with Gasteiger partial charge in [-0.25, -0.2) is 0 Å². The number of aromatic nitrogens is 2. The van der Waals surface area contributed by atoms with Gasteiger partial charge >= 0.3 is 0 Å². The average Bonchev–Trinajstić information content (AvgIpc) is 3.05. The molecule has 0 saturated heterocycles. The second kappa shape index (κ2) is 6.97. The van der Waals surface area contributed by atoms with Crippen molar-refractivity contribution in [1.29, 1.82) is 0 Å². The fourth-order valence-electron chi connectivity index (χ4n) is 1.84. The van der Waals surface area contributed by atoms with Gasteiger partial charge in [-0.3, -0.25) is 4.90 Å². The lowest BCUT2D eigenvalue weighted by Crippen LogP contribution is -2.31. The van der Waals surface area contributed by atoms with Crippen molar-refractivity contribution in [3.05, 3.63) is 22.7 Å². The van der Waals surface area contributed by atoms with Crippen LogP contribution in [-0.4, -0.2) is 34.7 Å². The smallest absolute Gasteiger partial charge is 0.241 e. The van der Waals surface area contributed by atoms with Crippen molar-refractivity contribution in [3.8, 4) is 11.4 Å². The zero-order valence-electron chi connectivity index (χ0n) is 12.2. The van der Waals surface area contributed by atoms with Gasteiger partial charge in [0.1, 0.15) is 0 Å². The highest BCUT2D eigenvalue weighted by Gasteiger charge is 2.13. The number of rotatable bonds is 7. The lowest BCUT2D eigenvalue weighted by atomic mass is 10.0. The molecular weight excluding hydrogens is 272 g/mol. The second-order valence-electron chi connectivity index (χ2n) is 5.46. The number of nitrogens with two attached hydrogens (primary N) is 1. The van der Waals surface area contributed by atoms with Crippen LogP contribution in [0.1, 0.15) is 26.2 Å². The second-order valence-corrected chi connectivity index (χ2v) is 6.24. The minimum atomic E-state index is 0.238. The fourth-order valence-corrected chi connectivity index (χ4v) is 2.48. The van der Waals surface area contributed by atoms with Crippen LogP contribution in [-0.2, 0) is 6.54 Å². The molecule has 0 radical (unpaired) electrons. The van der Waals surface area contributed by atoms with E-state index < -0.39 is 0 Å². The van der Waals surface area contributed by atoms with Crippen LogP contribution in [0.2, 0.25) is 0 Å². The zero-order valence-corrected chi connectivity index (χ0v) is 13.1. The quantitative estimate of drug-likeness (QED) is 0.850. The Labute approximate surface area is 123 Å². The van der Waals surface area contributed by atoms with Crippen molar-refractivity contribution in [2.75, 3.05) is 13.6 Å². The lowest BCUT2D eigenvalue weighted by molar-refractivity contribution is 0.252. The van der Waals surface area contributed by atoms with Crippen LogP contribution in [0.4, 0.5) is 0 Å². The first kappa shape index (κ1) is 15.2. The molecule has 2 rings (SSSR count). The maximum atomic E-state index is 6.05. The Hall–Kier alpha value is -1.24. The van der Waals surface area contributed by atoms with E-state index in [-0.39, 0.29) is 6.04 Å². The zero-order chi connectivity index (χ0) is 14.5. The molecule has 0 saturated carbocycles. The predicted octanol–water partition coefficient (Wildman–Crippen LogP) is 2.60. The summed E-state index contributed by atoms with van der Waals surface area (Å²) < 4.78 is 5.28. The van der Waals surface area contributed by atoms with E-state index in [2.05, 4.69) is 28.9 Å². The van der Waals surface area contributed by atoms with Gasteiger partial charge in [0.2, 0.25) is 11.7 Å². The van der Waals surface area contributed by atoms with E-state index in [4.69, 9.17) is 10.3 Å². The van der Waals surface area contributed by atoms with E-state index >= 15 is 0 Å². The van der Waals surface area contributed by atoms with Crippen LogP contribution in [0.25, 0.3) is 11.4 Å². The van der Waals surface area contributed by atoms with Gasteiger partial charge in [0.15, 0.2) is 0 Å². The van der Waals surface area contributed by atoms with Gasteiger partial charge in [-0.05, 0) is 37.4 Å². The monoisotopic (exact) mass is 294 g/mol. The summed E-state index contributed by atoms with van der Waals surface area (Å²) in [4.78, 5) is 6.57. The Morgan fingerprint density at radius 3 is 2.90 bits per heavy atom. The molecule has 2 N–H and O–H groups in total. The van der Waals surface area contributed by atoms with Crippen LogP contribution < -0.4 is 5.73 Å². The van der Waals surface area contributed by atoms with Crippen molar-refractivity contribution in [2.24, 2.45) is 11.7 Å². The molecule has 1 atom stereocenters. The highest BCUT2D eigenvalue weighted by Crippen LogP contribution is 2.19. The van der Waals surface area contributed by atoms with Crippen molar-refractivity contribution in [1.82, 2.24) is 15.0 Å². The summed E-state index contributed by atoms with van der Waals surface area (Å²) in [5.41, 5.74) is 7.06. The molecule has 0 fully saturated rings. The molecule has 0 aliphatic heterocycles.